The van der Waals surface area contributed by atoms with Crippen molar-refractivity contribution in [2.24, 2.45) is 0 Å². The van der Waals surface area contributed by atoms with Crippen LogP contribution < -0.4 is 10.5 Å². The van der Waals surface area contributed by atoms with E-state index in [0.29, 0.717) is 27.4 Å². The van der Waals surface area contributed by atoms with Crippen molar-refractivity contribution in [1.82, 2.24) is 4.98 Å². The van der Waals surface area contributed by atoms with Crippen molar-refractivity contribution in [3.05, 3.63) is 46.6 Å². The molecule has 1 aromatic carbocycles. The smallest absolute Gasteiger partial charge is 0.221 e. The second-order valence-corrected chi connectivity index (χ2v) is 3.95. The lowest BCUT2D eigenvalue weighted by atomic mass is 10.3. The molecule has 0 spiro atoms. The Labute approximate surface area is 103 Å². The standard InChI is InChI=1S/C11H8Cl2N2O/c12-7-1-2-9(13)10(5-7)16-11-6-8(14)3-4-15-11/h1-6H,(H2,14,15). The highest BCUT2D eigenvalue weighted by Crippen LogP contribution is 2.31. The fraction of sp³-hybridized carbons (Fsp3) is 0. The molecule has 1 heterocycles. The van der Waals surface area contributed by atoms with Crippen LogP contribution in [-0.4, -0.2) is 4.98 Å². The molecule has 2 rings (SSSR count). The Kier molecular flexibility index (Phi) is 3.17. The lowest BCUT2D eigenvalue weighted by Crippen LogP contribution is -1.91. The van der Waals surface area contributed by atoms with E-state index in [9.17, 15) is 0 Å². The molecule has 0 aliphatic rings. The van der Waals surface area contributed by atoms with E-state index in [2.05, 4.69) is 4.98 Å². The van der Waals surface area contributed by atoms with Crippen LogP contribution in [0.25, 0.3) is 0 Å². The molecule has 16 heavy (non-hydrogen) atoms. The molecule has 0 aliphatic carbocycles. The van der Waals surface area contributed by atoms with Gasteiger partial charge in [0.15, 0.2) is 0 Å². The van der Waals surface area contributed by atoms with Crippen molar-refractivity contribution in [3.8, 4) is 11.6 Å². The summed E-state index contributed by atoms with van der Waals surface area (Å²) in [6, 6.07) is 8.24. The molecule has 0 unspecified atom stereocenters. The number of nitrogens with two attached hydrogens (primary N) is 1. The van der Waals surface area contributed by atoms with Crippen LogP contribution in [-0.2, 0) is 0 Å². The quantitative estimate of drug-likeness (QED) is 0.888. The molecule has 0 saturated carbocycles. The van der Waals surface area contributed by atoms with Crippen LogP contribution >= 0.6 is 23.2 Å². The van der Waals surface area contributed by atoms with E-state index >= 15 is 0 Å². The minimum Gasteiger partial charge on any atom is -0.437 e. The summed E-state index contributed by atoms with van der Waals surface area (Å²) >= 11 is 11.8. The number of ether oxygens (including phenoxy) is 1. The van der Waals surface area contributed by atoms with E-state index in [1.165, 1.54) is 0 Å². The molecule has 3 nitrogen and oxygen atoms in total. The van der Waals surface area contributed by atoms with Gasteiger partial charge in [0.25, 0.3) is 0 Å². The van der Waals surface area contributed by atoms with E-state index in [-0.39, 0.29) is 0 Å². The molecule has 0 aliphatic heterocycles. The lowest BCUT2D eigenvalue weighted by Gasteiger charge is -2.07. The van der Waals surface area contributed by atoms with Gasteiger partial charge < -0.3 is 10.5 Å². The van der Waals surface area contributed by atoms with Gasteiger partial charge in [0.05, 0.1) is 5.02 Å². The van der Waals surface area contributed by atoms with E-state index in [1.54, 1.807) is 36.5 Å². The fourth-order valence-electron chi connectivity index (χ4n) is 1.15. The Morgan fingerprint density at radius 2 is 1.94 bits per heavy atom. The Hall–Kier alpha value is -1.45. The number of nitrogens with zero attached hydrogens (tertiary/aromatic N) is 1. The number of aromatic nitrogens is 1. The summed E-state index contributed by atoms with van der Waals surface area (Å²) in [5.41, 5.74) is 6.17. The first-order valence-corrected chi connectivity index (χ1v) is 5.25. The third-order valence-electron chi connectivity index (χ3n) is 1.87. The summed E-state index contributed by atoms with van der Waals surface area (Å²) in [4.78, 5) is 4.00. The van der Waals surface area contributed by atoms with Gasteiger partial charge in [-0.2, -0.15) is 0 Å². The molecule has 0 atom stereocenters. The highest BCUT2D eigenvalue weighted by molar-refractivity contribution is 6.34. The third kappa shape index (κ3) is 2.56. The Bertz CT molecular complexity index is 517. The molecule has 0 bridgehead atoms. The van der Waals surface area contributed by atoms with E-state index < -0.39 is 0 Å². The SMILES string of the molecule is Nc1ccnc(Oc2cc(Cl)ccc2Cl)c1. The molecule has 2 aromatic rings. The maximum Gasteiger partial charge on any atom is 0.221 e. The summed E-state index contributed by atoms with van der Waals surface area (Å²) in [6.07, 6.45) is 1.56. The van der Waals surface area contributed by atoms with Crippen LogP contribution in [0.15, 0.2) is 36.5 Å². The van der Waals surface area contributed by atoms with Crippen LogP contribution in [0, 0.1) is 0 Å². The predicted molar refractivity (Wildman–Crippen MR) is 65.2 cm³/mol. The number of rotatable bonds is 2. The average Bonchev–Trinajstić information content (AvgIpc) is 2.24. The number of benzene rings is 1. The van der Waals surface area contributed by atoms with E-state index in [4.69, 9.17) is 33.7 Å². The van der Waals surface area contributed by atoms with Crippen molar-refractivity contribution in [3.63, 3.8) is 0 Å². The van der Waals surface area contributed by atoms with Gasteiger partial charge >= 0.3 is 0 Å². The Morgan fingerprint density at radius 3 is 2.69 bits per heavy atom. The van der Waals surface area contributed by atoms with Crippen LogP contribution in [0.1, 0.15) is 0 Å². The second kappa shape index (κ2) is 4.60. The van der Waals surface area contributed by atoms with Crippen LogP contribution in [0.3, 0.4) is 0 Å². The summed E-state index contributed by atoms with van der Waals surface area (Å²) in [7, 11) is 0. The summed E-state index contributed by atoms with van der Waals surface area (Å²) < 4.78 is 5.46. The maximum absolute atomic E-state index is 5.94. The number of anilines is 1. The van der Waals surface area contributed by atoms with Crippen molar-refractivity contribution in [2.75, 3.05) is 5.73 Å². The number of hydrogen-bond donors (Lipinski definition) is 1. The highest BCUT2D eigenvalue weighted by atomic mass is 35.5. The van der Waals surface area contributed by atoms with Crippen molar-refractivity contribution in [1.29, 1.82) is 0 Å². The molecule has 0 radical (unpaired) electrons. The number of pyridine rings is 1. The van der Waals surface area contributed by atoms with Crippen LogP contribution in [0.4, 0.5) is 5.69 Å². The minimum atomic E-state index is 0.379. The zero-order valence-electron chi connectivity index (χ0n) is 8.15. The Morgan fingerprint density at radius 1 is 1.12 bits per heavy atom. The van der Waals surface area contributed by atoms with Crippen molar-refractivity contribution < 1.29 is 4.74 Å². The van der Waals surface area contributed by atoms with Crippen LogP contribution in [0.2, 0.25) is 10.0 Å². The summed E-state index contributed by atoms with van der Waals surface area (Å²) in [5.74, 6) is 0.830. The summed E-state index contributed by atoms with van der Waals surface area (Å²) in [5, 5.41) is 1.01. The Balaban J connectivity index is 2.30. The molecular formula is C11H8Cl2N2O. The largest absolute Gasteiger partial charge is 0.437 e. The maximum atomic E-state index is 5.94. The average molecular weight is 255 g/mol. The monoisotopic (exact) mass is 254 g/mol. The molecular weight excluding hydrogens is 247 g/mol. The van der Waals surface area contributed by atoms with Gasteiger partial charge in [-0.25, -0.2) is 4.98 Å². The molecule has 5 heteroatoms. The molecule has 82 valence electrons. The van der Waals surface area contributed by atoms with Gasteiger partial charge in [0.1, 0.15) is 5.75 Å². The molecule has 1 aromatic heterocycles. The minimum absolute atomic E-state index is 0.379. The predicted octanol–water partition coefficient (Wildman–Crippen LogP) is 3.76. The highest BCUT2D eigenvalue weighted by Gasteiger charge is 2.05. The summed E-state index contributed by atoms with van der Waals surface area (Å²) in [6.45, 7) is 0. The van der Waals surface area contributed by atoms with Gasteiger partial charge in [-0.15, -0.1) is 0 Å². The van der Waals surface area contributed by atoms with Crippen molar-refractivity contribution >= 4 is 28.9 Å². The topological polar surface area (TPSA) is 48.1 Å². The molecule has 2 N–H and O–H groups in total. The van der Waals surface area contributed by atoms with Crippen LogP contribution in [0.5, 0.6) is 11.6 Å². The second-order valence-electron chi connectivity index (χ2n) is 3.10. The van der Waals surface area contributed by atoms with E-state index in [1.807, 2.05) is 0 Å². The van der Waals surface area contributed by atoms with Gasteiger partial charge in [-0.3, -0.25) is 0 Å². The van der Waals surface area contributed by atoms with Gasteiger partial charge in [-0.05, 0) is 18.2 Å². The molecule has 0 fully saturated rings. The van der Waals surface area contributed by atoms with Gasteiger partial charge in [0, 0.05) is 29.0 Å². The first-order valence-electron chi connectivity index (χ1n) is 4.49. The zero-order chi connectivity index (χ0) is 11.5. The third-order valence-corrected chi connectivity index (χ3v) is 2.41. The molecule has 0 amide bonds. The molecule has 0 saturated heterocycles. The fourth-order valence-corrected chi connectivity index (χ4v) is 1.47. The van der Waals surface area contributed by atoms with Gasteiger partial charge in [-0.1, -0.05) is 23.2 Å². The van der Waals surface area contributed by atoms with Gasteiger partial charge in [0.2, 0.25) is 5.88 Å². The normalized spacial score (nSPS) is 10.1. The number of halogens is 2. The zero-order valence-corrected chi connectivity index (χ0v) is 9.66. The number of nitrogen functional groups attached to an aromatic ring is 1. The lowest BCUT2D eigenvalue weighted by molar-refractivity contribution is 0.463. The first kappa shape index (κ1) is 11.0. The number of hydrogen-bond acceptors (Lipinski definition) is 3. The van der Waals surface area contributed by atoms with Crippen molar-refractivity contribution in [2.45, 2.75) is 0 Å². The van der Waals surface area contributed by atoms with E-state index in [0.717, 1.165) is 0 Å². The first-order chi connectivity index (χ1) is 7.65.